The summed E-state index contributed by atoms with van der Waals surface area (Å²) in [6, 6.07) is 8.01. The average Bonchev–Trinajstić information content (AvgIpc) is 2.43. The molecule has 4 nitrogen and oxygen atoms in total. The summed E-state index contributed by atoms with van der Waals surface area (Å²) in [5.41, 5.74) is 1.70. The van der Waals surface area contributed by atoms with Crippen LogP contribution < -0.4 is 5.32 Å². The van der Waals surface area contributed by atoms with Gasteiger partial charge in [-0.05, 0) is 18.1 Å². The van der Waals surface area contributed by atoms with Gasteiger partial charge in [0.25, 0.3) is 0 Å². The minimum absolute atomic E-state index is 0.0449. The van der Waals surface area contributed by atoms with Gasteiger partial charge in [-0.15, -0.1) is 0 Å². The van der Waals surface area contributed by atoms with Crippen LogP contribution in [0.25, 0.3) is 0 Å². The first-order valence-corrected chi connectivity index (χ1v) is 6.17. The van der Waals surface area contributed by atoms with Crippen molar-refractivity contribution in [1.82, 2.24) is 0 Å². The number of ether oxygens (including phenoxy) is 1. The molecule has 18 heavy (non-hydrogen) atoms. The fourth-order valence-corrected chi connectivity index (χ4v) is 1.59. The third-order valence-electron chi connectivity index (χ3n) is 3.06. The van der Waals surface area contributed by atoms with Crippen molar-refractivity contribution < 1.29 is 14.9 Å². The predicted octanol–water partition coefficient (Wildman–Crippen LogP) is 1.28. The first kappa shape index (κ1) is 15.0. The van der Waals surface area contributed by atoms with Crippen LogP contribution in [0.1, 0.15) is 12.5 Å². The number of hydrogen-bond donors (Lipinski definition) is 3. The zero-order valence-corrected chi connectivity index (χ0v) is 11.1. The number of aliphatic hydroxyl groups excluding tert-OH is 2. The second-order valence-corrected chi connectivity index (χ2v) is 4.88. The fourth-order valence-electron chi connectivity index (χ4n) is 1.59. The summed E-state index contributed by atoms with van der Waals surface area (Å²) in [6.07, 6.45) is 0.842. The Kier molecular flexibility index (Phi) is 6.12. The molecule has 0 aliphatic heterocycles. The number of rotatable bonds is 8. The Bertz CT molecular complexity index is 351. The average molecular weight is 253 g/mol. The highest BCUT2D eigenvalue weighted by atomic mass is 16.5. The molecule has 3 N–H and O–H groups in total. The molecule has 0 spiro atoms. The monoisotopic (exact) mass is 253 g/mol. The van der Waals surface area contributed by atoms with Gasteiger partial charge in [0.05, 0.1) is 19.8 Å². The fraction of sp³-hybridized carbons (Fsp3) is 0.571. The van der Waals surface area contributed by atoms with E-state index >= 15 is 0 Å². The highest BCUT2D eigenvalue weighted by molar-refractivity contribution is 5.51. The van der Waals surface area contributed by atoms with Crippen LogP contribution in [-0.2, 0) is 11.2 Å². The third-order valence-corrected chi connectivity index (χ3v) is 3.06. The molecule has 1 rings (SSSR count). The number of para-hydroxylation sites is 1. The SMILES string of the molecule is COCCc1ccccc1NCC(C)(CO)CO. The van der Waals surface area contributed by atoms with Gasteiger partial charge in [-0.25, -0.2) is 0 Å². The lowest BCUT2D eigenvalue weighted by molar-refractivity contribution is 0.0806. The summed E-state index contributed by atoms with van der Waals surface area (Å²) in [5.74, 6) is 0. The predicted molar refractivity (Wildman–Crippen MR) is 72.8 cm³/mol. The molecule has 0 radical (unpaired) electrons. The van der Waals surface area contributed by atoms with Crippen molar-refractivity contribution in [3.8, 4) is 0 Å². The molecule has 1 aromatic rings. The van der Waals surface area contributed by atoms with Crippen molar-refractivity contribution in [3.63, 3.8) is 0 Å². The number of aliphatic hydroxyl groups is 2. The molecule has 1 aromatic carbocycles. The highest BCUT2D eigenvalue weighted by Crippen LogP contribution is 2.20. The van der Waals surface area contributed by atoms with E-state index < -0.39 is 5.41 Å². The van der Waals surface area contributed by atoms with E-state index in [0.717, 1.165) is 12.1 Å². The maximum atomic E-state index is 9.25. The van der Waals surface area contributed by atoms with Gasteiger partial charge in [-0.1, -0.05) is 25.1 Å². The van der Waals surface area contributed by atoms with Gasteiger partial charge in [0.1, 0.15) is 0 Å². The lowest BCUT2D eigenvalue weighted by Crippen LogP contribution is -2.34. The van der Waals surface area contributed by atoms with E-state index in [0.29, 0.717) is 13.2 Å². The van der Waals surface area contributed by atoms with Gasteiger partial charge in [-0.3, -0.25) is 0 Å². The molecule has 102 valence electrons. The van der Waals surface area contributed by atoms with Crippen molar-refractivity contribution in [2.75, 3.05) is 38.8 Å². The molecule has 0 aliphatic rings. The maximum absolute atomic E-state index is 9.25. The van der Waals surface area contributed by atoms with Crippen LogP contribution in [0, 0.1) is 5.41 Å². The van der Waals surface area contributed by atoms with Crippen LogP contribution in [0.15, 0.2) is 24.3 Å². The number of benzene rings is 1. The molecule has 0 fully saturated rings. The zero-order valence-electron chi connectivity index (χ0n) is 11.1. The number of nitrogens with one attached hydrogen (secondary N) is 1. The van der Waals surface area contributed by atoms with E-state index in [2.05, 4.69) is 11.4 Å². The second-order valence-electron chi connectivity index (χ2n) is 4.88. The number of methoxy groups -OCH3 is 1. The molecule has 0 saturated carbocycles. The molecule has 0 bridgehead atoms. The van der Waals surface area contributed by atoms with E-state index in [1.54, 1.807) is 7.11 Å². The van der Waals surface area contributed by atoms with Crippen molar-refractivity contribution in [3.05, 3.63) is 29.8 Å². The normalized spacial score (nSPS) is 11.6. The molecule has 0 unspecified atom stereocenters. The van der Waals surface area contributed by atoms with Crippen molar-refractivity contribution in [2.45, 2.75) is 13.3 Å². The van der Waals surface area contributed by atoms with Crippen molar-refractivity contribution >= 4 is 5.69 Å². The molecule has 0 atom stereocenters. The van der Waals surface area contributed by atoms with Crippen molar-refractivity contribution in [1.29, 1.82) is 0 Å². The van der Waals surface area contributed by atoms with E-state index in [9.17, 15) is 10.2 Å². The standard InChI is InChI=1S/C14H23NO3/c1-14(10-16,11-17)9-15-13-6-4-3-5-12(13)7-8-18-2/h3-6,15-17H,7-11H2,1-2H3. The van der Waals surface area contributed by atoms with Gasteiger partial charge >= 0.3 is 0 Å². The Morgan fingerprint density at radius 1 is 1.22 bits per heavy atom. The van der Waals surface area contributed by atoms with Crippen LogP contribution >= 0.6 is 0 Å². The Hall–Kier alpha value is -1.10. The van der Waals surface area contributed by atoms with Gasteiger partial charge in [0.15, 0.2) is 0 Å². The van der Waals surface area contributed by atoms with Gasteiger partial charge < -0.3 is 20.3 Å². The zero-order chi connectivity index (χ0) is 13.4. The molecule has 0 saturated heterocycles. The molecular weight excluding hydrogens is 230 g/mol. The molecule has 0 amide bonds. The Morgan fingerprint density at radius 3 is 2.50 bits per heavy atom. The van der Waals surface area contributed by atoms with E-state index in [1.165, 1.54) is 5.56 Å². The maximum Gasteiger partial charge on any atom is 0.0523 e. The minimum atomic E-state index is -0.506. The smallest absolute Gasteiger partial charge is 0.0523 e. The summed E-state index contributed by atoms with van der Waals surface area (Å²) in [4.78, 5) is 0. The van der Waals surface area contributed by atoms with Crippen LogP contribution in [0.3, 0.4) is 0 Å². The number of anilines is 1. The summed E-state index contributed by atoms with van der Waals surface area (Å²) < 4.78 is 5.08. The van der Waals surface area contributed by atoms with Crippen molar-refractivity contribution in [2.24, 2.45) is 5.41 Å². The first-order chi connectivity index (χ1) is 8.65. The molecule has 4 heteroatoms. The summed E-state index contributed by atoms with van der Waals surface area (Å²) in [7, 11) is 1.69. The highest BCUT2D eigenvalue weighted by Gasteiger charge is 2.22. The van der Waals surface area contributed by atoms with Crippen LogP contribution in [0.2, 0.25) is 0 Å². The van der Waals surface area contributed by atoms with E-state index in [1.807, 2.05) is 25.1 Å². The number of hydrogen-bond acceptors (Lipinski definition) is 4. The van der Waals surface area contributed by atoms with Crippen LogP contribution in [-0.4, -0.2) is 43.7 Å². The van der Waals surface area contributed by atoms with Gasteiger partial charge in [0.2, 0.25) is 0 Å². The molecular formula is C14H23NO3. The molecule has 0 aliphatic carbocycles. The quantitative estimate of drug-likeness (QED) is 0.653. The lowest BCUT2D eigenvalue weighted by Gasteiger charge is -2.26. The van der Waals surface area contributed by atoms with Crippen LogP contribution in [0.5, 0.6) is 0 Å². The van der Waals surface area contributed by atoms with Gasteiger partial charge in [-0.2, -0.15) is 0 Å². The largest absolute Gasteiger partial charge is 0.396 e. The topological polar surface area (TPSA) is 61.7 Å². The Balaban J connectivity index is 2.66. The molecule has 0 aromatic heterocycles. The summed E-state index contributed by atoms with van der Waals surface area (Å²) >= 11 is 0. The third kappa shape index (κ3) is 4.29. The second kappa shape index (κ2) is 7.36. The van der Waals surface area contributed by atoms with E-state index in [-0.39, 0.29) is 13.2 Å². The first-order valence-electron chi connectivity index (χ1n) is 6.17. The minimum Gasteiger partial charge on any atom is -0.396 e. The Labute approximate surface area is 109 Å². The van der Waals surface area contributed by atoms with Crippen LogP contribution in [0.4, 0.5) is 5.69 Å². The lowest BCUT2D eigenvalue weighted by atomic mass is 9.93. The molecule has 0 heterocycles. The van der Waals surface area contributed by atoms with E-state index in [4.69, 9.17) is 4.74 Å². The summed E-state index contributed by atoms with van der Waals surface area (Å²) in [5, 5.41) is 21.8. The summed E-state index contributed by atoms with van der Waals surface area (Å²) in [6.45, 7) is 2.96. The van der Waals surface area contributed by atoms with Gasteiger partial charge in [0, 0.05) is 24.8 Å². The Morgan fingerprint density at radius 2 is 1.89 bits per heavy atom.